The standard InChI is InChI=1S/C15H19BrN2/c1-17-7-8-18(2)11-12-3-4-14-10-15(16)6-5-13(14)9-12/h3-6,9-10,17H,7-8,11H2,1-2H3. The Labute approximate surface area is 117 Å². The van der Waals surface area contributed by atoms with E-state index in [0.29, 0.717) is 0 Å². The second kappa shape index (κ2) is 6.32. The molecule has 2 aromatic rings. The quantitative estimate of drug-likeness (QED) is 0.912. The number of hydrogen-bond acceptors (Lipinski definition) is 2. The van der Waals surface area contributed by atoms with Crippen LogP contribution in [0.15, 0.2) is 40.9 Å². The maximum atomic E-state index is 3.50. The highest BCUT2D eigenvalue weighted by Crippen LogP contribution is 2.21. The highest BCUT2D eigenvalue weighted by molar-refractivity contribution is 9.10. The van der Waals surface area contributed by atoms with Crippen molar-refractivity contribution >= 4 is 26.7 Å². The highest BCUT2D eigenvalue weighted by atomic mass is 79.9. The van der Waals surface area contributed by atoms with Gasteiger partial charge in [0.1, 0.15) is 0 Å². The van der Waals surface area contributed by atoms with Crippen LogP contribution in [0.25, 0.3) is 10.8 Å². The van der Waals surface area contributed by atoms with E-state index >= 15 is 0 Å². The Hall–Kier alpha value is -0.900. The molecule has 96 valence electrons. The zero-order chi connectivity index (χ0) is 13.0. The van der Waals surface area contributed by atoms with Crippen LogP contribution in [0, 0.1) is 0 Å². The van der Waals surface area contributed by atoms with Crippen molar-refractivity contribution in [3.8, 4) is 0 Å². The first kappa shape index (κ1) is 13.5. The van der Waals surface area contributed by atoms with Crippen molar-refractivity contribution < 1.29 is 0 Å². The molecule has 0 aromatic heterocycles. The van der Waals surface area contributed by atoms with Crippen LogP contribution in [0.4, 0.5) is 0 Å². The van der Waals surface area contributed by atoms with E-state index in [9.17, 15) is 0 Å². The second-order valence-corrected chi connectivity index (χ2v) is 5.58. The van der Waals surface area contributed by atoms with E-state index in [1.54, 1.807) is 0 Å². The first-order valence-electron chi connectivity index (χ1n) is 6.20. The predicted octanol–water partition coefficient (Wildman–Crippen LogP) is 3.25. The summed E-state index contributed by atoms with van der Waals surface area (Å²) in [5.74, 6) is 0. The largest absolute Gasteiger partial charge is 0.318 e. The summed E-state index contributed by atoms with van der Waals surface area (Å²) in [6.07, 6.45) is 0. The summed E-state index contributed by atoms with van der Waals surface area (Å²) in [7, 11) is 4.14. The van der Waals surface area contributed by atoms with E-state index in [0.717, 1.165) is 24.1 Å². The molecular formula is C15H19BrN2. The van der Waals surface area contributed by atoms with Gasteiger partial charge in [0.2, 0.25) is 0 Å². The van der Waals surface area contributed by atoms with E-state index < -0.39 is 0 Å². The molecule has 3 heteroatoms. The molecule has 0 fully saturated rings. The van der Waals surface area contributed by atoms with E-state index in [1.165, 1.54) is 16.3 Å². The van der Waals surface area contributed by atoms with Gasteiger partial charge >= 0.3 is 0 Å². The molecule has 0 aliphatic heterocycles. The average molecular weight is 307 g/mol. The normalized spacial score (nSPS) is 11.3. The average Bonchev–Trinajstić information content (AvgIpc) is 2.36. The van der Waals surface area contributed by atoms with E-state index in [4.69, 9.17) is 0 Å². The molecule has 0 aliphatic carbocycles. The molecule has 18 heavy (non-hydrogen) atoms. The maximum absolute atomic E-state index is 3.50. The summed E-state index contributed by atoms with van der Waals surface area (Å²) in [5, 5.41) is 5.76. The number of benzene rings is 2. The number of fused-ring (bicyclic) bond motifs is 1. The Morgan fingerprint density at radius 3 is 2.61 bits per heavy atom. The summed E-state index contributed by atoms with van der Waals surface area (Å²) in [6.45, 7) is 3.08. The molecule has 0 amide bonds. The zero-order valence-corrected chi connectivity index (χ0v) is 12.5. The third-order valence-electron chi connectivity index (χ3n) is 3.06. The molecule has 0 spiro atoms. The molecule has 2 nitrogen and oxygen atoms in total. The van der Waals surface area contributed by atoms with E-state index in [2.05, 4.69) is 69.6 Å². The summed E-state index contributed by atoms with van der Waals surface area (Å²) in [5.41, 5.74) is 1.36. The van der Waals surface area contributed by atoms with Gasteiger partial charge in [-0.05, 0) is 48.6 Å². The van der Waals surface area contributed by atoms with Crippen LogP contribution in [0.5, 0.6) is 0 Å². The predicted molar refractivity (Wildman–Crippen MR) is 81.9 cm³/mol. The van der Waals surface area contributed by atoms with Crippen molar-refractivity contribution in [3.63, 3.8) is 0 Å². The van der Waals surface area contributed by atoms with Crippen molar-refractivity contribution in [2.45, 2.75) is 6.54 Å². The number of nitrogens with one attached hydrogen (secondary N) is 1. The lowest BCUT2D eigenvalue weighted by molar-refractivity contribution is 0.328. The third-order valence-corrected chi connectivity index (χ3v) is 3.56. The van der Waals surface area contributed by atoms with E-state index in [-0.39, 0.29) is 0 Å². The summed E-state index contributed by atoms with van der Waals surface area (Å²) < 4.78 is 1.13. The van der Waals surface area contributed by atoms with Crippen molar-refractivity contribution in [3.05, 3.63) is 46.4 Å². The minimum absolute atomic E-state index is 0.994. The smallest absolute Gasteiger partial charge is 0.0231 e. The Morgan fingerprint density at radius 1 is 1.11 bits per heavy atom. The Morgan fingerprint density at radius 2 is 1.83 bits per heavy atom. The highest BCUT2D eigenvalue weighted by Gasteiger charge is 2.01. The van der Waals surface area contributed by atoms with Crippen LogP contribution < -0.4 is 5.32 Å². The first-order valence-corrected chi connectivity index (χ1v) is 6.99. The molecule has 0 heterocycles. The zero-order valence-electron chi connectivity index (χ0n) is 10.9. The lowest BCUT2D eigenvalue weighted by Gasteiger charge is -2.16. The molecule has 0 aliphatic rings. The van der Waals surface area contributed by atoms with Gasteiger partial charge in [-0.15, -0.1) is 0 Å². The van der Waals surface area contributed by atoms with Crippen LogP contribution in [0.3, 0.4) is 0 Å². The molecule has 1 N–H and O–H groups in total. The SMILES string of the molecule is CNCCN(C)Cc1ccc2cc(Br)ccc2c1. The molecular weight excluding hydrogens is 288 g/mol. The molecule has 2 aromatic carbocycles. The molecule has 0 bridgehead atoms. The number of halogens is 1. The fraction of sp³-hybridized carbons (Fsp3) is 0.333. The molecule has 2 rings (SSSR count). The topological polar surface area (TPSA) is 15.3 Å². The molecule has 0 atom stereocenters. The van der Waals surface area contributed by atoms with Crippen LogP contribution in [0.1, 0.15) is 5.56 Å². The van der Waals surface area contributed by atoms with Crippen LogP contribution in [-0.2, 0) is 6.54 Å². The van der Waals surface area contributed by atoms with E-state index in [1.807, 2.05) is 7.05 Å². The van der Waals surface area contributed by atoms with Crippen LogP contribution in [0.2, 0.25) is 0 Å². The first-order chi connectivity index (χ1) is 8.69. The Balaban J connectivity index is 2.12. The molecule has 0 radical (unpaired) electrons. The Kier molecular flexibility index (Phi) is 4.75. The molecule has 0 unspecified atom stereocenters. The van der Waals surface area contributed by atoms with Crippen LogP contribution >= 0.6 is 15.9 Å². The van der Waals surface area contributed by atoms with Crippen molar-refractivity contribution in [1.29, 1.82) is 0 Å². The number of nitrogens with zero attached hydrogens (tertiary/aromatic N) is 1. The second-order valence-electron chi connectivity index (χ2n) is 4.67. The van der Waals surface area contributed by atoms with Crippen molar-refractivity contribution in [2.75, 3.05) is 27.2 Å². The summed E-state index contributed by atoms with van der Waals surface area (Å²) in [4.78, 5) is 2.33. The minimum Gasteiger partial charge on any atom is -0.318 e. The van der Waals surface area contributed by atoms with Crippen molar-refractivity contribution in [2.24, 2.45) is 0 Å². The fourth-order valence-electron chi connectivity index (χ4n) is 2.06. The van der Waals surface area contributed by atoms with Gasteiger partial charge in [0, 0.05) is 24.1 Å². The van der Waals surface area contributed by atoms with Crippen molar-refractivity contribution in [1.82, 2.24) is 10.2 Å². The summed E-state index contributed by atoms with van der Waals surface area (Å²) in [6, 6.07) is 13.1. The lowest BCUT2D eigenvalue weighted by atomic mass is 10.1. The molecule has 0 saturated carbocycles. The Bertz CT molecular complexity index is 525. The van der Waals surface area contributed by atoms with Gasteiger partial charge in [0.15, 0.2) is 0 Å². The minimum atomic E-state index is 0.994. The van der Waals surface area contributed by atoms with Gasteiger partial charge in [-0.25, -0.2) is 0 Å². The van der Waals surface area contributed by atoms with Gasteiger partial charge < -0.3 is 10.2 Å². The van der Waals surface area contributed by atoms with Gasteiger partial charge in [-0.3, -0.25) is 0 Å². The number of likely N-dealkylation sites (N-methyl/N-ethyl adjacent to an activating group) is 2. The monoisotopic (exact) mass is 306 g/mol. The van der Waals surface area contributed by atoms with Crippen LogP contribution in [-0.4, -0.2) is 32.1 Å². The third kappa shape index (κ3) is 3.55. The maximum Gasteiger partial charge on any atom is 0.0231 e. The molecule has 0 saturated heterocycles. The van der Waals surface area contributed by atoms with Gasteiger partial charge in [0.05, 0.1) is 0 Å². The number of rotatable bonds is 5. The lowest BCUT2D eigenvalue weighted by Crippen LogP contribution is -2.26. The summed E-state index contributed by atoms with van der Waals surface area (Å²) >= 11 is 3.50. The number of hydrogen-bond donors (Lipinski definition) is 1. The van der Waals surface area contributed by atoms with Gasteiger partial charge in [-0.1, -0.05) is 34.1 Å². The fourth-order valence-corrected chi connectivity index (χ4v) is 2.44. The van der Waals surface area contributed by atoms with Gasteiger partial charge in [-0.2, -0.15) is 0 Å². The van der Waals surface area contributed by atoms with Gasteiger partial charge in [0.25, 0.3) is 0 Å².